The van der Waals surface area contributed by atoms with Crippen molar-refractivity contribution in [2.45, 2.75) is 13.3 Å². The van der Waals surface area contributed by atoms with Crippen LogP contribution >= 0.6 is 8.58 Å². The van der Waals surface area contributed by atoms with Crippen LogP contribution in [0.5, 0.6) is 0 Å². The zero-order chi connectivity index (χ0) is 5.98. The summed E-state index contributed by atoms with van der Waals surface area (Å²) in [6.45, 7) is 5.94. The summed E-state index contributed by atoms with van der Waals surface area (Å²) in [5.41, 5.74) is 1.62. The van der Waals surface area contributed by atoms with Gasteiger partial charge in [0.05, 0.1) is 0 Å². The molecule has 0 spiro atoms. The molecule has 1 aliphatic rings. The van der Waals surface area contributed by atoms with Crippen LogP contribution in [-0.2, 0) is 0 Å². The topological polar surface area (TPSA) is 0 Å². The fourth-order valence-corrected chi connectivity index (χ4v) is 2.05. The minimum Gasteiger partial charge on any atom is -0.0984 e. The number of hydrogen-bond donors (Lipinski definition) is 0. The molecular weight excluding hydrogens is 115 g/mol. The summed E-state index contributed by atoms with van der Waals surface area (Å²) in [6.07, 6.45) is 4.58. The van der Waals surface area contributed by atoms with Crippen LogP contribution in [0.25, 0.3) is 0 Å². The van der Waals surface area contributed by atoms with Crippen LogP contribution in [0, 0.1) is 0 Å². The van der Waals surface area contributed by atoms with Crippen molar-refractivity contribution in [3.63, 3.8) is 0 Å². The summed E-state index contributed by atoms with van der Waals surface area (Å²) in [5.74, 6) is 0. The number of hydrogen-bond acceptors (Lipinski definition) is 0. The number of rotatable bonds is 2. The fourth-order valence-electron chi connectivity index (χ4n) is 0.847. The van der Waals surface area contributed by atoms with Gasteiger partial charge in [-0.3, -0.25) is 0 Å². The zero-order valence-corrected chi connectivity index (χ0v) is 6.20. The van der Waals surface area contributed by atoms with Crippen LogP contribution in [0.1, 0.15) is 13.3 Å². The van der Waals surface area contributed by atoms with Gasteiger partial charge < -0.3 is 0 Å². The van der Waals surface area contributed by atoms with Crippen molar-refractivity contribution in [2.24, 2.45) is 0 Å². The molecule has 0 aliphatic carbocycles. The van der Waals surface area contributed by atoms with Crippen LogP contribution in [-0.4, -0.2) is 6.16 Å². The molecule has 0 aromatic heterocycles. The standard InChI is InChI=1S/C7H11P/c1-3-6-5-8-7(6)4-2/h4,8H,2-3,5H2,1H3. The van der Waals surface area contributed by atoms with E-state index in [0.717, 1.165) is 8.58 Å². The van der Waals surface area contributed by atoms with Gasteiger partial charge in [-0.15, -0.1) is 0 Å². The van der Waals surface area contributed by atoms with Gasteiger partial charge in [0.1, 0.15) is 0 Å². The lowest BCUT2D eigenvalue weighted by molar-refractivity contribution is 1.08. The molecular formula is C7H11P. The van der Waals surface area contributed by atoms with E-state index in [-0.39, 0.29) is 0 Å². The molecule has 0 aromatic carbocycles. The maximum Gasteiger partial charge on any atom is -0.00924 e. The first-order valence-electron chi connectivity index (χ1n) is 2.96. The minimum absolute atomic E-state index is 1.06. The Kier molecular flexibility index (Phi) is 1.85. The van der Waals surface area contributed by atoms with Crippen LogP contribution in [0.3, 0.4) is 0 Å². The van der Waals surface area contributed by atoms with Crippen molar-refractivity contribution in [1.29, 1.82) is 0 Å². The summed E-state index contributed by atoms with van der Waals surface area (Å²) in [4.78, 5) is 0. The molecule has 8 heavy (non-hydrogen) atoms. The largest absolute Gasteiger partial charge is 0.0984 e. The Bertz CT molecular complexity index is 133. The molecule has 1 heterocycles. The molecule has 1 atom stereocenters. The third kappa shape index (κ3) is 0.855. The van der Waals surface area contributed by atoms with Gasteiger partial charge in [0.25, 0.3) is 0 Å². The first kappa shape index (κ1) is 6.04. The summed E-state index contributed by atoms with van der Waals surface area (Å²) >= 11 is 0. The average Bonchev–Trinajstić information content (AvgIpc) is 1.66. The van der Waals surface area contributed by atoms with E-state index in [1.807, 2.05) is 6.08 Å². The van der Waals surface area contributed by atoms with Crippen LogP contribution < -0.4 is 0 Å². The first-order chi connectivity index (χ1) is 3.88. The van der Waals surface area contributed by atoms with Crippen molar-refractivity contribution < 1.29 is 0 Å². The highest BCUT2D eigenvalue weighted by Gasteiger charge is 2.10. The predicted molar refractivity (Wildman–Crippen MR) is 40.7 cm³/mol. The highest BCUT2D eigenvalue weighted by molar-refractivity contribution is 7.45. The quantitative estimate of drug-likeness (QED) is 0.499. The van der Waals surface area contributed by atoms with Gasteiger partial charge in [-0.05, 0) is 17.9 Å². The SMILES string of the molecule is C=CC1=C(CC)CP1. The Labute approximate surface area is 52.5 Å². The lowest BCUT2D eigenvalue weighted by atomic mass is 10.2. The second-order valence-electron chi connectivity index (χ2n) is 1.93. The summed E-state index contributed by atoms with van der Waals surface area (Å²) in [6, 6.07) is 0. The highest BCUT2D eigenvalue weighted by atomic mass is 31.1. The Morgan fingerprint density at radius 2 is 2.62 bits per heavy atom. The Morgan fingerprint density at radius 3 is 2.75 bits per heavy atom. The van der Waals surface area contributed by atoms with E-state index in [4.69, 9.17) is 0 Å². The average molecular weight is 126 g/mol. The third-order valence-electron chi connectivity index (χ3n) is 1.50. The normalized spacial score (nSPS) is 21.1. The Hall–Kier alpha value is -0.0900. The summed E-state index contributed by atoms with van der Waals surface area (Å²) in [7, 11) is 1.06. The molecule has 0 nitrogen and oxygen atoms in total. The first-order valence-corrected chi connectivity index (χ1v) is 4.17. The molecule has 0 saturated carbocycles. The van der Waals surface area contributed by atoms with Crippen LogP contribution in [0.15, 0.2) is 23.5 Å². The zero-order valence-electron chi connectivity index (χ0n) is 5.20. The Morgan fingerprint density at radius 1 is 1.88 bits per heavy atom. The van der Waals surface area contributed by atoms with Gasteiger partial charge in [0.15, 0.2) is 0 Å². The van der Waals surface area contributed by atoms with Gasteiger partial charge >= 0.3 is 0 Å². The van der Waals surface area contributed by atoms with E-state index in [2.05, 4.69) is 13.5 Å². The molecule has 0 amide bonds. The van der Waals surface area contributed by atoms with Crippen molar-refractivity contribution in [3.8, 4) is 0 Å². The van der Waals surface area contributed by atoms with Gasteiger partial charge in [0, 0.05) is 0 Å². The van der Waals surface area contributed by atoms with Crippen molar-refractivity contribution >= 4 is 8.58 Å². The summed E-state index contributed by atoms with van der Waals surface area (Å²) in [5, 5.41) is 1.52. The molecule has 1 aliphatic heterocycles. The van der Waals surface area contributed by atoms with E-state index in [9.17, 15) is 0 Å². The van der Waals surface area contributed by atoms with Crippen LogP contribution in [0.4, 0.5) is 0 Å². The minimum atomic E-state index is 1.06. The lowest BCUT2D eigenvalue weighted by Crippen LogP contribution is -1.96. The second kappa shape index (κ2) is 2.46. The monoisotopic (exact) mass is 126 g/mol. The van der Waals surface area contributed by atoms with Crippen molar-refractivity contribution in [1.82, 2.24) is 0 Å². The molecule has 0 saturated heterocycles. The lowest BCUT2D eigenvalue weighted by Gasteiger charge is -2.19. The smallest absolute Gasteiger partial charge is 0.00924 e. The molecule has 0 radical (unpaired) electrons. The molecule has 1 rings (SSSR count). The maximum atomic E-state index is 3.73. The van der Waals surface area contributed by atoms with E-state index < -0.39 is 0 Å². The third-order valence-corrected chi connectivity index (χ3v) is 3.05. The van der Waals surface area contributed by atoms with E-state index in [1.165, 1.54) is 17.9 Å². The van der Waals surface area contributed by atoms with Gasteiger partial charge in [-0.25, -0.2) is 0 Å². The molecule has 1 unspecified atom stereocenters. The predicted octanol–water partition coefficient (Wildman–Crippen LogP) is 2.53. The highest BCUT2D eigenvalue weighted by Crippen LogP contribution is 2.41. The van der Waals surface area contributed by atoms with Gasteiger partial charge in [0.2, 0.25) is 0 Å². The fraction of sp³-hybridized carbons (Fsp3) is 0.429. The van der Waals surface area contributed by atoms with E-state index >= 15 is 0 Å². The Balaban J connectivity index is 2.62. The molecule has 0 fully saturated rings. The van der Waals surface area contributed by atoms with Gasteiger partial charge in [-0.1, -0.05) is 33.7 Å². The second-order valence-corrected chi connectivity index (χ2v) is 3.17. The summed E-state index contributed by atoms with van der Waals surface area (Å²) < 4.78 is 0. The van der Waals surface area contributed by atoms with E-state index in [0.29, 0.717) is 0 Å². The number of allylic oxidation sites excluding steroid dienone is 3. The molecule has 0 aromatic rings. The maximum absolute atomic E-state index is 3.73. The van der Waals surface area contributed by atoms with Gasteiger partial charge in [-0.2, -0.15) is 0 Å². The molecule has 0 bridgehead atoms. The van der Waals surface area contributed by atoms with Crippen molar-refractivity contribution in [2.75, 3.05) is 6.16 Å². The molecule has 1 heteroatoms. The molecule has 0 N–H and O–H groups in total. The van der Waals surface area contributed by atoms with Crippen molar-refractivity contribution in [3.05, 3.63) is 23.5 Å². The molecule has 44 valence electrons. The van der Waals surface area contributed by atoms with E-state index in [1.54, 1.807) is 5.57 Å². The van der Waals surface area contributed by atoms with Crippen LogP contribution in [0.2, 0.25) is 0 Å².